The van der Waals surface area contributed by atoms with E-state index in [1.54, 1.807) is 18.5 Å². The summed E-state index contributed by atoms with van der Waals surface area (Å²) >= 11 is 0. The average Bonchev–Trinajstić information content (AvgIpc) is 2.67. The molecule has 1 heterocycles. The van der Waals surface area contributed by atoms with Crippen LogP contribution in [0, 0.1) is 13.8 Å². The molecule has 1 aromatic heterocycles. The number of ether oxygens (including phenoxy) is 1. The molecular formula is C12H24N4O3S. The second-order valence-electron chi connectivity index (χ2n) is 4.42. The van der Waals surface area contributed by atoms with Crippen LogP contribution in [-0.4, -0.2) is 51.5 Å². The zero-order valence-electron chi connectivity index (χ0n) is 12.6. The summed E-state index contributed by atoms with van der Waals surface area (Å²) in [6, 6.07) is 0. The molecule has 0 unspecified atom stereocenters. The topological polar surface area (TPSA) is 85.2 Å². The maximum Gasteiger partial charge on any atom is 0.244 e. The summed E-state index contributed by atoms with van der Waals surface area (Å²) in [7, 11) is -1.69. The molecule has 1 aromatic rings. The summed E-state index contributed by atoms with van der Waals surface area (Å²) in [4.78, 5) is 0.269. The van der Waals surface area contributed by atoms with E-state index in [9.17, 15) is 8.42 Å². The summed E-state index contributed by atoms with van der Waals surface area (Å²) in [6.07, 6.45) is 0. The number of likely N-dealkylation sites (N-methyl/N-ethyl adjacent to an activating group) is 1. The number of rotatable bonds is 9. The van der Waals surface area contributed by atoms with Gasteiger partial charge in [0.25, 0.3) is 0 Å². The molecule has 116 valence electrons. The third-order valence-corrected chi connectivity index (χ3v) is 4.61. The molecule has 0 aliphatic rings. The van der Waals surface area contributed by atoms with Crippen LogP contribution in [0.2, 0.25) is 0 Å². The first-order chi connectivity index (χ1) is 9.44. The molecule has 0 aliphatic carbocycles. The highest BCUT2D eigenvalue weighted by Gasteiger charge is 2.23. The molecule has 0 saturated heterocycles. The fraction of sp³-hybridized carbons (Fsp3) is 0.750. The van der Waals surface area contributed by atoms with Crippen LogP contribution in [0.25, 0.3) is 0 Å². The molecule has 0 saturated carbocycles. The first-order valence-electron chi connectivity index (χ1n) is 6.70. The van der Waals surface area contributed by atoms with Crippen LogP contribution in [0.1, 0.15) is 18.3 Å². The van der Waals surface area contributed by atoms with Crippen LogP contribution in [0.5, 0.6) is 0 Å². The summed E-state index contributed by atoms with van der Waals surface area (Å²) < 4.78 is 34.0. The lowest BCUT2D eigenvalue weighted by molar-refractivity contribution is 0.153. The lowest BCUT2D eigenvalue weighted by Crippen LogP contribution is -2.28. The fourth-order valence-electron chi connectivity index (χ4n) is 1.97. The van der Waals surface area contributed by atoms with Gasteiger partial charge in [0.05, 0.1) is 24.5 Å². The van der Waals surface area contributed by atoms with E-state index >= 15 is 0 Å². The van der Waals surface area contributed by atoms with Gasteiger partial charge in [-0.2, -0.15) is 5.10 Å². The van der Waals surface area contributed by atoms with Crippen molar-refractivity contribution in [1.82, 2.24) is 19.8 Å². The van der Waals surface area contributed by atoms with Crippen molar-refractivity contribution in [1.29, 1.82) is 0 Å². The second-order valence-corrected chi connectivity index (χ2v) is 6.13. The Bertz CT molecular complexity index is 525. The molecular weight excluding hydrogens is 280 g/mol. The molecule has 7 nitrogen and oxygen atoms in total. The molecule has 0 radical (unpaired) electrons. The predicted molar refractivity (Wildman–Crippen MR) is 77.3 cm³/mol. The average molecular weight is 304 g/mol. The highest BCUT2D eigenvalue weighted by molar-refractivity contribution is 7.89. The molecule has 2 N–H and O–H groups in total. The normalized spacial score (nSPS) is 12.0. The van der Waals surface area contributed by atoms with Gasteiger partial charge in [-0.15, -0.1) is 0 Å². The highest BCUT2D eigenvalue weighted by Crippen LogP contribution is 2.18. The molecule has 0 amide bonds. The van der Waals surface area contributed by atoms with Crippen molar-refractivity contribution in [3.8, 4) is 0 Å². The van der Waals surface area contributed by atoms with E-state index in [0.717, 1.165) is 6.54 Å². The first-order valence-corrected chi connectivity index (χ1v) is 8.18. The SMILES string of the molecule is CCOCCNS(=O)(=O)c1c(C)nn(CCNC)c1C. The largest absolute Gasteiger partial charge is 0.380 e. The van der Waals surface area contributed by atoms with Gasteiger partial charge >= 0.3 is 0 Å². The molecule has 0 bridgehead atoms. The molecule has 0 fully saturated rings. The van der Waals surface area contributed by atoms with Gasteiger partial charge < -0.3 is 10.1 Å². The maximum atomic E-state index is 12.3. The van der Waals surface area contributed by atoms with Crippen molar-refractivity contribution in [3.05, 3.63) is 11.4 Å². The van der Waals surface area contributed by atoms with Gasteiger partial charge in [-0.1, -0.05) is 0 Å². The smallest absolute Gasteiger partial charge is 0.244 e. The summed E-state index contributed by atoms with van der Waals surface area (Å²) in [5, 5.41) is 7.30. The lowest BCUT2D eigenvalue weighted by Gasteiger charge is -2.08. The quantitative estimate of drug-likeness (QED) is 0.629. The zero-order chi connectivity index (χ0) is 15.2. The summed E-state index contributed by atoms with van der Waals surface area (Å²) in [6.45, 7) is 7.92. The molecule has 20 heavy (non-hydrogen) atoms. The number of hydrogen-bond acceptors (Lipinski definition) is 5. The molecule has 1 rings (SSSR count). The highest BCUT2D eigenvalue weighted by atomic mass is 32.2. The van der Waals surface area contributed by atoms with Gasteiger partial charge in [-0.25, -0.2) is 13.1 Å². The second kappa shape index (κ2) is 7.72. The van der Waals surface area contributed by atoms with Gasteiger partial charge in [0.15, 0.2) is 0 Å². The van der Waals surface area contributed by atoms with Crippen LogP contribution in [0.4, 0.5) is 0 Å². The number of sulfonamides is 1. The Hall–Kier alpha value is -0.960. The van der Waals surface area contributed by atoms with E-state index in [4.69, 9.17) is 4.74 Å². The van der Waals surface area contributed by atoms with Crippen LogP contribution in [0.3, 0.4) is 0 Å². The Morgan fingerprint density at radius 3 is 2.60 bits per heavy atom. The number of aromatic nitrogens is 2. The zero-order valence-corrected chi connectivity index (χ0v) is 13.4. The van der Waals surface area contributed by atoms with Crippen LogP contribution >= 0.6 is 0 Å². The standard InChI is InChI=1S/C12H24N4O3S/c1-5-19-9-7-14-20(17,18)12-10(2)15-16(11(12)3)8-6-13-4/h13-14H,5-9H2,1-4H3. The van der Waals surface area contributed by atoms with Gasteiger partial charge in [0.2, 0.25) is 10.0 Å². The number of hydrogen-bond donors (Lipinski definition) is 2. The Morgan fingerprint density at radius 1 is 1.30 bits per heavy atom. The van der Waals surface area contributed by atoms with Gasteiger partial charge in [0.1, 0.15) is 4.90 Å². The maximum absolute atomic E-state index is 12.3. The van der Waals surface area contributed by atoms with Gasteiger partial charge in [0, 0.05) is 19.7 Å². The van der Waals surface area contributed by atoms with E-state index in [1.165, 1.54) is 0 Å². The van der Waals surface area contributed by atoms with Gasteiger partial charge in [-0.3, -0.25) is 4.68 Å². The van der Waals surface area contributed by atoms with Crippen molar-refractivity contribution in [2.45, 2.75) is 32.2 Å². The Labute approximate surface area is 120 Å². The Balaban J connectivity index is 2.86. The monoisotopic (exact) mass is 304 g/mol. The number of nitrogens with one attached hydrogen (secondary N) is 2. The minimum atomic E-state index is -3.54. The van der Waals surface area contributed by atoms with E-state index in [2.05, 4.69) is 15.1 Å². The molecule has 0 spiro atoms. The lowest BCUT2D eigenvalue weighted by atomic mass is 10.4. The van der Waals surface area contributed by atoms with Crippen molar-refractivity contribution in [2.24, 2.45) is 0 Å². The summed E-state index contributed by atoms with van der Waals surface area (Å²) in [5.74, 6) is 0. The molecule has 0 aliphatic heterocycles. The molecule has 0 aromatic carbocycles. The van der Waals surface area contributed by atoms with E-state index < -0.39 is 10.0 Å². The number of aryl methyl sites for hydroxylation is 1. The minimum absolute atomic E-state index is 0.261. The number of nitrogens with zero attached hydrogens (tertiary/aromatic N) is 2. The van der Waals surface area contributed by atoms with Crippen LogP contribution in [-0.2, 0) is 21.3 Å². The third-order valence-electron chi connectivity index (χ3n) is 2.90. The summed E-state index contributed by atoms with van der Waals surface area (Å²) in [5.41, 5.74) is 1.17. The van der Waals surface area contributed by atoms with E-state index in [-0.39, 0.29) is 11.4 Å². The first kappa shape index (κ1) is 17.1. The fourth-order valence-corrected chi connectivity index (χ4v) is 3.39. The van der Waals surface area contributed by atoms with Crippen molar-refractivity contribution in [2.75, 3.05) is 33.4 Å². The Kier molecular flexibility index (Phi) is 6.60. The van der Waals surface area contributed by atoms with Crippen LogP contribution in [0.15, 0.2) is 4.90 Å². The molecule has 8 heteroatoms. The molecule has 0 atom stereocenters. The van der Waals surface area contributed by atoms with Crippen LogP contribution < -0.4 is 10.0 Å². The van der Waals surface area contributed by atoms with E-state index in [1.807, 2.05) is 14.0 Å². The minimum Gasteiger partial charge on any atom is -0.380 e. The van der Waals surface area contributed by atoms with Crippen molar-refractivity contribution < 1.29 is 13.2 Å². The van der Waals surface area contributed by atoms with Crippen molar-refractivity contribution in [3.63, 3.8) is 0 Å². The van der Waals surface area contributed by atoms with E-state index in [0.29, 0.717) is 31.1 Å². The predicted octanol–water partition coefficient (Wildman–Crippen LogP) is 0.0341. The van der Waals surface area contributed by atoms with Gasteiger partial charge in [-0.05, 0) is 27.8 Å². The third kappa shape index (κ3) is 4.27. The Morgan fingerprint density at radius 2 is 2.00 bits per heavy atom. The van der Waals surface area contributed by atoms with Crippen molar-refractivity contribution >= 4 is 10.0 Å².